The summed E-state index contributed by atoms with van der Waals surface area (Å²) >= 11 is 0. The van der Waals surface area contributed by atoms with Crippen LogP contribution in [0.5, 0.6) is 0 Å². The summed E-state index contributed by atoms with van der Waals surface area (Å²) in [5.74, 6) is 0.891. The summed E-state index contributed by atoms with van der Waals surface area (Å²) in [5, 5.41) is 0. The minimum absolute atomic E-state index is 0.731. The van der Waals surface area contributed by atoms with E-state index in [-0.39, 0.29) is 0 Å². The predicted molar refractivity (Wildman–Crippen MR) is 47.5 cm³/mol. The van der Waals surface area contributed by atoms with E-state index in [4.69, 9.17) is 0 Å². The molecule has 0 saturated carbocycles. The second-order valence-corrected chi connectivity index (χ2v) is 4.20. The van der Waals surface area contributed by atoms with Gasteiger partial charge in [0.05, 0.1) is 0 Å². The third-order valence-corrected chi connectivity index (χ3v) is 3.15. The van der Waals surface area contributed by atoms with E-state index in [0.717, 1.165) is 18.0 Å². The van der Waals surface area contributed by atoms with Crippen LogP contribution in [-0.2, 0) is 0 Å². The zero-order valence-corrected chi connectivity index (χ0v) is 7.67. The quantitative estimate of drug-likeness (QED) is 0.518. The van der Waals surface area contributed by atoms with Crippen LogP contribution >= 0.6 is 0 Å². The van der Waals surface area contributed by atoms with E-state index in [1.54, 1.807) is 5.57 Å². The molecule has 1 fully saturated rings. The van der Waals surface area contributed by atoms with E-state index in [2.05, 4.69) is 31.7 Å². The highest BCUT2D eigenvalue weighted by Gasteiger charge is 2.37. The van der Waals surface area contributed by atoms with Crippen LogP contribution in [-0.4, -0.2) is 23.5 Å². The normalized spacial score (nSPS) is 36.9. The molecule has 0 radical (unpaired) electrons. The first-order chi connectivity index (χ1) is 5.18. The van der Waals surface area contributed by atoms with Crippen LogP contribution < -0.4 is 0 Å². The van der Waals surface area contributed by atoms with Crippen molar-refractivity contribution in [2.24, 2.45) is 5.92 Å². The van der Waals surface area contributed by atoms with Crippen LogP contribution in [0.1, 0.15) is 27.2 Å². The molecule has 0 spiro atoms. The van der Waals surface area contributed by atoms with Gasteiger partial charge in [0.25, 0.3) is 0 Å². The first-order valence-corrected chi connectivity index (χ1v) is 4.62. The van der Waals surface area contributed by atoms with Crippen molar-refractivity contribution in [3.63, 3.8) is 0 Å². The van der Waals surface area contributed by atoms with Crippen molar-refractivity contribution in [3.05, 3.63) is 11.6 Å². The van der Waals surface area contributed by atoms with E-state index < -0.39 is 0 Å². The smallest absolute Gasteiger partial charge is 0.0289 e. The monoisotopic (exact) mass is 151 g/mol. The van der Waals surface area contributed by atoms with Crippen molar-refractivity contribution < 1.29 is 0 Å². The van der Waals surface area contributed by atoms with Crippen LogP contribution in [0.4, 0.5) is 0 Å². The van der Waals surface area contributed by atoms with Crippen molar-refractivity contribution in [3.8, 4) is 0 Å². The standard InChI is InChI=1S/C10H17N/c1-7(2)11-6-9-5-10(11)4-8(9)3/h4,7,9-10H,5-6H2,1-3H3. The Hall–Kier alpha value is -0.300. The molecule has 1 heteroatoms. The zero-order chi connectivity index (χ0) is 8.01. The maximum absolute atomic E-state index is 2.61. The fraction of sp³-hybridized carbons (Fsp3) is 0.800. The molecule has 1 heterocycles. The number of nitrogens with zero attached hydrogens (tertiary/aromatic N) is 1. The predicted octanol–water partition coefficient (Wildman–Crippen LogP) is 2.05. The maximum Gasteiger partial charge on any atom is 0.0289 e. The largest absolute Gasteiger partial charge is 0.294 e. The Labute approximate surface area is 69.1 Å². The lowest BCUT2D eigenvalue weighted by Gasteiger charge is -2.28. The molecule has 0 aromatic rings. The molecule has 2 unspecified atom stereocenters. The molecule has 2 atom stereocenters. The zero-order valence-electron chi connectivity index (χ0n) is 7.67. The van der Waals surface area contributed by atoms with Crippen LogP contribution in [0, 0.1) is 5.92 Å². The van der Waals surface area contributed by atoms with Crippen molar-refractivity contribution in [1.82, 2.24) is 4.90 Å². The second kappa shape index (κ2) is 2.34. The van der Waals surface area contributed by atoms with E-state index >= 15 is 0 Å². The highest BCUT2D eigenvalue weighted by molar-refractivity contribution is 5.21. The van der Waals surface area contributed by atoms with Gasteiger partial charge in [0.15, 0.2) is 0 Å². The van der Waals surface area contributed by atoms with E-state index in [9.17, 15) is 0 Å². The van der Waals surface area contributed by atoms with Gasteiger partial charge in [-0.1, -0.05) is 11.6 Å². The molecule has 1 aliphatic heterocycles. The van der Waals surface area contributed by atoms with Gasteiger partial charge in [0.2, 0.25) is 0 Å². The van der Waals surface area contributed by atoms with Crippen LogP contribution in [0.25, 0.3) is 0 Å². The molecule has 2 rings (SSSR count). The molecule has 2 aliphatic rings. The fourth-order valence-corrected chi connectivity index (χ4v) is 2.42. The van der Waals surface area contributed by atoms with Gasteiger partial charge in [-0.05, 0) is 33.1 Å². The molecule has 1 aliphatic carbocycles. The second-order valence-electron chi connectivity index (χ2n) is 4.20. The molecular formula is C10H17N. The van der Waals surface area contributed by atoms with Crippen LogP contribution in [0.3, 0.4) is 0 Å². The van der Waals surface area contributed by atoms with Crippen molar-refractivity contribution in [1.29, 1.82) is 0 Å². The lowest BCUT2D eigenvalue weighted by Crippen LogP contribution is -2.36. The van der Waals surface area contributed by atoms with Gasteiger partial charge < -0.3 is 0 Å². The fourth-order valence-electron chi connectivity index (χ4n) is 2.42. The van der Waals surface area contributed by atoms with Crippen LogP contribution in [0.2, 0.25) is 0 Å². The minimum atomic E-state index is 0.731. The van der Waals surface area contributed by atoms with Gasteiger partial charge in [-0.25, -0.2) is 0 Å². The number of hydrogen-bond donors (Lipinski definition) is 0. The van der Waals surface area contributed by atoms with Gasteiger partial charge in [0, 0.05) is 18.6 Å². The van der Waals surface area contributed by atoms with Crippen molar-refractivity contribution in [2.75, 3.05) is 6.54 Å². The summed E-state index contributed by atoms with van der Waals surface area (Å²) in [6, 6.07) is 1.51. The average molecular weight is 151 g/mol. The lowest BCUT2D eigenvalue weighted by atomic mass is 10.0. The van der Waals surface area contributed by atoms with Gasteiger partial charge >= 0.3 is 0 Å². The number of rotatable bonds is 1. The molecule has 0 aromatic heterocycles. The van der Waals surface area contributed by atoms with Crippen LogP contribution in [0.15, 0.2) is 11.6 Å². The van der Waals surface area contributed by atoms with Gasteiger partial charge in [-0.2, -0.15) is 0 Å². The average Bonchev–Trinajstić information content (AvgIpc) is 2.43. The Balaban J connectivity index is 2.13. The summed E-state index contributed by atoms with van der Waals surface area (Å²) < 4.78 is 0. The molecule has 2 bridgehead atoms. The Kier molecular flexibility index (Phi) is 1.57. The topological polar surface area (TPSA) is 3.24 Å². The van der Waals surface area contributed by atoms with Gasteiger partial charge in [-0.15, -0.1) is 0 Å². The summed E-state index contributed by atoms with van der Waals surface area (Å²) in [6.07, 6.45) is 3.85. The third kappa shape index (κ3) is 1.02. The SMILES string of the molecule is CC1=CC2CC1CN2C(C)C. The molecule has 0 amide bonds. The molecule has 1 nitrogen and oxygen atoms in total. The lowest BCUT2D eigenvalue weighted by molar-refractivity contribution is 0.223. The summed E-state index contributed by atoms with van der Waals surface area (Å²) in [7, 11) is 0. The molecular weight excluding hydrogens is 134 g/mol. The number of fused-ring (bicyclic) bond motifs is 2. The maximum atomic E-state index is 2.61. The first-order valence-electron chi connectivity index (χ1n) is 4.62. The Bertz CT molecular complexity index is 193. The number of hydrogen-bond acceptors (Lipinski definition) is 1. The summed E-state index contributed by atoms with van der Waals surface area (Å²) in [6.45, 7) is 8.18. The molecule has 0 N–H and O–H groups in total. The molecule has 62 valence electrons. The van der Waals surface area contributed by atoms with E-state index in [1.807, 2.05) is 0 Å². The van der Waals surface area contributed by atoms with Crippen molar-refractivity contribution in [2.45, 2.75) is 39.3 Å². The Morgan fingerprint density at radius 2 is 2.27 bits per heavy atom. The minimum Gasteiger partial charge on any atom is -0.294 e. The van der Waals surface area contributed by atoms with Crippen molar-refractivity contribution >= 4 is 0 Å². The Morgan fingerprint density at radius 3 is 2.64 bits per heavy atom. The molecule has 0 aromatic carbocycles. The summed E-state index contributed by atoms with van der Waals surface area (Å²) in [5.41, 5.74) is 1.63. The van der Waals surface area contributed by atoms with E-state index in [1.165, 1.54) is 13.0 Å². The molecule has 11 heavy (non-hydrogen) atoms. The highest BCUT2D eigenvalue weighted by atomic mass is 15.2. The van der Waals surface area contributed by atoms with Gasteiger partial charge in [-0.3, -0.25) is 4.90 Å². The third-order valence-electron chi connectivity index (χ3n) is 3.15. The first kappa shape index (κ1) is 7.35. The highest BCUT2D eigenvalue weighted by Crippen LogP contribution is 2.37. The van der Waals surface area contributed by atoms with Gasteiger partial charge in [0.1, 0.15) is 0 Å². The number of likely N-dealkylation sites (tertiary alicyclic amines) is 1. The van der Waals surface area contributed by atoms with E-state index in [0.29, 0.717) is 0 Å². The summed E-state index contributed by atoms with van der Waals surface area (Å²) in [4.78, 5) is 2.61. The molecule has 1 saturated heterocycles. The Morgan fingerprint density at radius 1 is 1.55 bits per heavy atom.